The van der Waals surface area contributed by atoms with Crippen LogP contribution in [0.2, 0.25) is 0 Å². The second-order valence-corrected chi connectivity index (χ2v) is 7.38. The minimum atomic E-state index is -0.0785. The van der Waals surface area contributed by atoms with Crippen molar-refractivity contribution in [2.45, 2.75) is 17.9 Å². The number of nitrogens with zero attached hydrogens (tertiary/aromatic N) is 2. The fraction of sp³-hybridized carbons (Fsp3) is 0.381. The molecule has 0 radical (unpaired) electrons. The summed E-state index contributed by atoms with van der Waals surface area (Å²) in [4.78, 5) is 18.0. The molecule has 2 aromatic carbocycles. The van der Waals surface area contributed by atoms with Crippen molar-refractivity contribution < 1.29 is 14.3 Å². The van der Waals surface area contributed by atoms with Gasteiger partial charge in [-0.05, 0) is 43.5 Å². The molecule has 0 saturated heterocycles. The Morgan fingerprint density at radius 3 is 2.81 bits per heavy atom. The summed E-state index contributed by atoms with van der Waals surface area (Å²) in [5.74, 6) is 1.41. The first kappa shape index (κ1) is 19.4. The predicted octanol–water partition coefficient (Wildman–Crippen LogP) is 3.78. The van der Waals surface area contributed by atoms with E-state index in [2.05, 4.69) is 17.9 Å². The first-order valence-electron chi connectivity index (χ1n) is 9.05. The molecule has 0 unspecified atom stereocenters. The lowest BCUT2D eigenvalue weighted by molar-refractivity contribution is 0.0706. The second kappa shape index (κ2) is 8.57. The summed E-state index contributed by atoms with van der Waals surface area (Å²) in [5, 5.41) is 0. The third-order valence-electron chi connectivity index (χ3n) is 4.77. The molecule has 1 atom stereocenters. The number of benzene rings is 2. The zero-order valence-corrected chi connectivity index (χ0v) is 17.1. The van der Waals surface area contributed by atoms with E-state index < -0.39 is 0 Å². The van der Waals surface area contributed by atoms with Crippen LogP contribution >= 0.6 is 11.8 Å². The smallest absolute Gasteiger partial charge is 0.257 e. The van der Waals surface area contributed by atoms with Crippen LogP contribution in [0.3, 0.4) is 0 Å². The van der Waals surface area contributed by atoms with Crippen LogP contribution in [0.15, 0.2) is 47.4 Å². The van der Waals surface area contributed by atoms with Gasteiger partial charge < -0.3 is 19.3 Å². The minimum absolute atomic E-state index is 0.0648. The van der Waals surface area contributed by atoms with Gasteiger partial charge in [0.1, 0.15) is 17.6 Å². The number of anilines is 1. The molecule has 1 heterocycles. The molecule has 0 fully saturated rings. The van der Waals surface area contributed by atoms with Gasteiger partial charge in [0.15, 0.2) is 0 Å². The summed E-state index contributed by atoms with van der Waals surface area (Å²) in [6, 6.07) is 13.7. The summed E-state index contributed by atoms with van der Waals surface area (Å²) >= 11 is 1.62. The molecule has 0 N–H and O–H groups in total. The number of carbonyl (C=O) groups excluding carboxylic acids is 1. The van der Waals surface area contributed by atoms with E-state index >= 15 is 0 Å². The number of hydrogen-bond donors (Lipinski definition) is 0. The first-order chi connectivity index (χ1) is 13.1. The Morgan fingerprint density at radius 1 is 1.33 bits per heavy atom. The van der Waals surface area contributed by atoms with E-state index in [-0.39, 0.29) is 12.0 Å². The molecular weight excluding hydrogens is 360 g/mol. The monoisotopic (exact) mass is 386 g/mol. The second-order valence-electron chi connectivity index (χ2n) is 6.50. The largest absolute Gasteiger partial charge is 0.496 e. The number of hydrogen-bond acceptors (Lipinski definition) is 5. The van der Waals surface area contributed by atoms with Gasteiger partial charge in [0.25, 0.3) is 5.91 Å². The number of para-hydroxylation sites is 2. The Hall–Kier alpha value is -2.34. The zero-order valence-electron chi connectivity index (χ0n) is 16.3. The average Bonchev–Trinajstić information content (AvgIpc) is 2.71. The predicted molar refractivity (Wildman–Crippen MR) is 110 cm³/mol. The summed E-state index contributed by atoms with van der Waals surface area (Å²) in [5.41, 5.74) is 1.68. The molecule has 5 nitrogen and oxygen atoms in total. The van der Waals surface area contributed by atoms with Gasteiger partial charge in [-0.2, -0.15) is 0 Å². The molecule has 0 bridgehead atoms. The number of amides is 1. The third kappa shape index (κ3) is 4.16. The van der Waals surface area contributed by atoms with Crippen LogP contribution in [0.25, 0.3) is 0 Å². The number of methoxy groups -OCH3 is 1. The highest BCUT2D eigenvalue weighted by Gasteiger charge is 2.27. The molecule has 1 aliphatic rings. The van der Waals surface area contributed by atoms with E-state index in [4.69, 9.17) is 9.47 Å². The number of fused-ring (bicyclic) bond motifs is 1. The molecular formula is C21H26N2O3S. The van der Waals surface area contributed by atoms with E-state index in [1.54, 1.807) is 23.8 Å². The van der Waals surface area contributed by atoms with Crippen LogP contribution in [-0.2, 0) is 0 Å². The summed E-state index contributed by atoms with van der Waals surface area (Å²) < 4.78 is 11.6. The van der Waals surface area contributed by atoms with Crippen LogP contribution < -0.4 is 14.4 Å². The van der Waals surface area contributed by atoms with E-state index in [0.29, 0.717) is 17.9 Å². The van der Waals surface area contributed by atoms with Gasteiger partial charge in [0.05, 0.1) is 31.5 Å². The summed E-state index contributed by atoms with van der Waals surface area (Å²) in [6.45, 7) is 4.30. The van der Waals surface area contributed by atoms with Crippen LogP contribution in [0.5, 0.6) is 11.5 Å². The third-order valence-corrected chi connectivity index (χ3v) is 5.49. The van der Waals surface area contributed by atoms with Crippen molar-refractivity contribution in [3.63, 3.8) is 0 Å². The highest BCUT2D eigenvalue weighted by atomic mass is 32.2. The average molecular weight is 387 g/mol. The van der Waals surface area contributed by atoms with Crippen molar-refractivity contribution in [1.29, 1.82) is 0 Å². The van der Waals surface area contributed by atoms with E-state index in [1.807, 2.05) is 49.7 Å². The number of ether oxygens (including phenoxy) is 2. The lowest BCUT2D eigenvalue weighted by Crippen LogP contribution is -2.46. The van der Waals surface area contributed by atoms with Crippen LogP contribution in [0.4, 0.5) is 5.69 Å². The molecule has 27 heavy (non-hydrogen) atoms. The van der Waals surface area contributed by atoms with E-state index in [0.717, 1.165) is 29.4 Å². The van der Waals surface area contributed by atoms with Gasteiger partial charge in [-0.1, -0.05) is 12.1 Å². The molecule has 1 aliphatic heterocycles. The molecule has 3 rings (SSSR count). The van der Waals surface area contributed by atoms with Gasteiger partial charge in [0, 0.05) is 18.5 Å². The fourth-order valence-corrected chi connectivity index (χ4v) is 3.77. The summed E-state index contributed by atoms with van der Waals surface area (Å²) in [6.07, 6.45) is 1.92. The van der Waals surface area contributed by atoms with Gasteiger partial charge in [0.2, 0.25) is 0 Å². The maximum absolute atomic E-state index is 13.0. The fourth-order valence-electron chi connectivity index (χ4n) is 3.34. The molecule has 0 aliphatic carbocycles. The first-order valence-corrected chi connectivity index (χ1v) is 10.3. The van der Waals surface area contributed by atoms with Gasteiger partial charge in [-0.15, -0.1) is 11.8 Å². The van der Waals surface area contributed by atoms with E-state index in [9.17, 15) is 4.79 Å². The topological polar surface area (TPSA) is 42.0 Å². The van der Waals surface area contributed by atoms with E-state index in [1.165, 1.54) is 0 Å². The van der Waals surface area contributed by atoms with Crippen molar-refractivity contribution in [2.24, 2.45) is 0 Å². The SMILES string of the molecule is CCN1C[C@H](CN(C)C(=O)c2ccc(SC)cc2OC)Oc2ccccc21. The maximum atomic E-state index is 13.0. The normalized spacial score (nSPS) is 15.7. The lowest BCUT2D eigenvalue weighted by atomic mass is 10.1. The molecule has 0 aromatic heterocycles. The van der Waals surface area contributed by atoms with Crippen molar-refractivity contribution in [1.82, 2.24) is 4.90 Å². The molecule has 2 aromatic rings. The molecule has 144 valence electrons. The highest BCUT2D eigenvalue weighted by Crippen LogP contribution is 2.33. The Balaban J connectivity index is 1.74. The Labute approximate surface area is 165 Å². The number of rotatable bonds is 6. The Morgan fingerprint density at radius 2 is 2.11 bits per heavy atom. The maximum Gasteiger partial charge on any atom is 0.257 e. The molecule has 0 spiro atoms. The van der Waals surface area contributed by atoms with Gasteiger partial charge >= 0.3 is 0 Å². The standard InChI is InChI=1S/C21H26N2O3S/c1-5-23-14-15(26-19-9-7-6-8-18(19)23)13-22(2)21(24)17-11-10-16(27-4)12-20(17)25-3/h6-12,15H,5,13-14H2,1-4H3/t15-/m0/s1. The number of likely N-dealkylation sites (N-methyl/N-ethyl adjacent to an activating group) is 2. The molecule has 6 heteroatoms. The quantitative estimate of drug-likeness (QED) is 0.707. The van der Waals surface area contributed by atoms with Gasteiger partial charge in [-0.25, -0.2) is 0 Å². The lowest BCUT2D eigenvalue weighted by Gasteiger charge is -2.37. The Bertz CT molecular complexity index is 812. The Kier molecular flexibility index (Phi) is 6.16. The van der Waals surface area contributed by atoms with Crippen molar-refractivity contribution in [3.8, 4) is 11.5 Å². The van der Waals surface area contributed by atoms with Crippen LogP contribution in [0, 0.1) is 0 Å². The number of thioether (sulfide) groups is 1. The minimum Gasteiger partial charge on any atom is -0.496 e. The van der Waals surface area contributed by atoms with Crippen LogP contribution in [-0.4, -0.2) is 57.0 Å². The number of carbonyl (C=O) groups is 1. The van der Waals surface area contributed by atoms with Crippen LogP contribution in [0.1, 0.15) is 17.3 Å². The van der Waals surface area contributed by atoms with Gasteiger partial charge in [-0.3, -0.25) is 4.79 Å². The summed E-state index contributed by atoms with van der Waals surface area (Å²) in [7, 11) is 3.40. The van der Waals surface area contributed by atoms with Crippen molar-refractivity contribution >= 4 is 23.4 Å². The van der Waals surface area contributed by atoms with Crippen molar-refractivity contribution in [3.05, 3.63) is 48.0 Å². The highest BCUT2D eigenvalue weighted by molar-refractivity contribution is 7.98. The molecule has 0 saturated carbocycles. The molecule has 1 amide bonds. The van der Waals surface area contributed by atoms with Crippen molar-refractivity contribution in [2.75, 3.05) is 44.9 Å². The zero-order chi connectivity index (χ0) is 19.4.